The van der Waals surface area contributed by atoms with Crippen LogP contribution in [0, 0.1) is 0 Å². The highest BCUT2D eigenvalue weighted by Gasteiger charge is 2.06. The Hall–Kier alpha value is -1.67. The van der Waals surface area contributed by atoms with Crippen LogP contribution in [0.1, 0.15) is 5.69 Å². The number of hydrogen-bond donors (Lipinski definition) is 0. The monoisotopic (exact) mass is 351 g/mol. The molecule has 0 saturated heterocycles. The Morgan fingerprint density at radius 1 is 1.40 bits per heavy atom. The van der Waals surface area contributed by atoms with Crippen molar-refractivity contribution in [2.24, 2.45) is 7.05 Å². The lowest BCUT2D eigenvalue weighted by Gasteiger charge is -2.04. The molecule has 0 aliphatic rings. The maximum atomic E-state index is 12.0. The summed E-state index contributed by atoms with van der Waals surface area (Å²) in [6.45, 7) is 0. The zero-order valence-corrected chi connectivity index (χ0v) is 12.9. The van der Waals surface area contributed by atoms with Gasteiger partial charge in [0.2, 0.25) is 0 Å². The third-order valence-electron chi connectivity index (χ3n) is 2.70. The Balaban J connectivity index is 1.91. The lowest BCUT2D eigenvalue weighted by Crippen LogP contribution is -2.15. The lowest BCUT2D eigenvalue weighted by molar-refractivity contribution is 0.788. The van der Waals surface area contributed by atoms with Crippen molar-refractivity contribution >= 4 is 33.3 Å². The van der Waals surface area contributed by atoms with E-state index in [2.05, 4.69) is 31.1 Å². The van der Waals surface area contributed by atoms with Gasteiger partial charge in [0.25, 0.3) is 5.56 Å². The summed E-state index contributed by atoms with van der Waals surface area (Å²) >= 11 is 4.84. The minimum absolute atomic E-state index is 0.0927. The van der Waals surface area contributed by atoms with Gasteiger partial charge in [-0.1, -0.05) is 11.8 Å². The third kappa shape index (κ3) is 2.61. The molecular formula is C12H10BrN5OS. The largest absolute Gasteiger partial charge is 0.312 e. The SMILES string of the molecule is Cn1cnnc1SCc1cc(=O)n2cc(Br)ccc2n1. The smallest absolute Gasteiger partial charge is 0.258 e. The first-order valence-corrected chi connectivity index (χ1v) is 7.56. The van der Waals surface area contributed by atoms with Crippen molar-refractivity contribution in [1.82, 2.24) is 24.1 Å². The summed E-state index contributed by atoms with van der Waals surface area (Å²) in [6.07, 6.45) is 3.35. The van der Waals surface area contributed by atoms with E-state index in [1.54, 1.807) is 18.6 Å². The molecule has 3 rings (SSSR count). The maximum absolute atomic E-state index is 12.0. The molecule has 6 nitrogen and oxygen atoms in total. The number of nitrogens with zero attached hydrogens (tertiary/aromatic N) is 5. The average molecular weight is 352 g/mol. The average Bonchev–Trinajstić information content (AvgIpc) is 2.83. The van der Waals surface area contributed by atoms with Gasteiger partial charge < -0.3 is 4.57 Å². The van der Waals surface area contributed by atoms with E-state index in [4.69, 9.17) is 0 Å². The topological polar surface area (TPSA) is 65.1 Å². The Kier molecular flexibility index (Phi) is 3.58. The summed E-state index contributed by atoms with van der Waals surface area (Å²) in [6, 6.07) is 5.21. The fraction of sp³-hybridized carbons (Fsp3) is 0.167. The van der Waals surface area contributed by atoms with Gasteiger partial charge in [-0.15, -0.1) is 10.2 Å². The standard InChI is InChI=1S/C12H10BrN5OS/c1-17-7-14-16-12(17)20-6-9-4-11(19)18-5-8(13)2-3-10(18)15-9/h2-5,7H,6H2,1H3. The Morgan fingerprint density at radius 2 is 2.25 bits per heavy atom. The molecule has 102 valence electrons. The van der Waals surface area contributed by atoms with E-state index >= 15 is 0 Å². The summed E-state index contributed by atoms with van der Waals surface area (Å²) in [5, 5.41) is 8.59. The molecular weight excluding hydrogens is 342 g/mol. The van der Waals surface area contributed by atoms with Crippen molar-refractivity contribution in [2.45, 2.75) is 10.9 Å². The number of thioether (sulfide) groups is 1. The second kappa shape index (κ2) is 5.37. The second-order valence-electron chi connectivity index (χ2n) is 4.17. The normalized spacial score (nSPS) is 11.1. The maximum Gasteiger partial charge on any atom is 0.258 e. The van der Waals surface area contributed by atoms with Gasteiger partial charge in [0, 0.05) is 29.5 Å². The van der Waals surface area contributed by atoms with Crippen LogP contribution in [0.3, 0.4) is 0 Å². The summed E-state index contributed by atoms with van der Waals surface area (Å²) in [7, 11) is 1.88. The van der Waals surface area contributed by atoms with Gasteiger partial charge in [-0.3, -0.25) is 9.20 Å². The van der Waals surface area contributed by atoms with Crippen molar-refractivity contribution in [1.29, 1.82) is 0 Å². The summed E-state index contributed by atoms with van der Waals surface area (Å²) in [5.41, 5.74) is 1.27. The fourth-order valence-corrected chi connectivity index (χ4v) is 2.86. The molecule has 0 fully saturated rings. The number of rotatable bonds is 3. The van der Waals surface area contributed by atoms with Crippen LogP contribution in [0.2, 0.25) is 0 Å². The van der Waals surface area contributed by atoms with Gasteiger partial charge >= 0.3 is 0 Å². The molecule has 3 aromatic rings. The number of aromatic nitrogens is 5. The summed E-state index contributed by atoms with van der Waals surface area (Å²) in [5.74, 6) is 0.578. The summed E-state index contributed by atoms with van der Waals surface area (Å²) in [4.78, 5) is 16.5. The van der Waals surface area contributed by atoms with Crippen LogP contribution in [-0.2, 0) is 12.8 Å². The number of fused-ring (bicyclic) bond motifs is 1. The van der Waals surface area contributed by atoms with Crippen molar-refractivity contribution < 1.29 is 0 Å². The van der Waals surface area contributed by atoms with E-state index in [0.29, 0.717) is 11.4 Å². The lowest BCUT2D eigenvalue weighted by atomic mass is 10.4. The molecule has 0 unspecified atom stereocenters. The van der Waals surface area contributed by atoms with Crippen LogP contribution in [0.25, 0.3) is 5.65 Å². The predicted octanol–water partition coefficient (Wildman–Crippen LogP) is 1.88. The third-order valence-corrected chi connectivity index (χ3v) is 4.23. The van der Waals surface area contributed by atoms with Crippen LogP contribution in [0.5, 0.6) is 0 Å². The molecule has 0 saturated carbocycles. The Morgan fingerprint density at radius 3 is 3.00 bits per heavy atom. The van der Waals surface area contributed by atoms with Crippen molar-refractivity contribution in [2.75, 3.05) is 0 Å². The molecule has 3 aromatic heterocycles. The number of pyridine rings is 1. The minimum Gasteiger partial charge on any atom is -0.312 e. The molecule has 0 amide bonds. The van der Waals surface area contributed by atoms with E-state index in [0.717, 1.165) is 15.3 Å². The zero-order chi connectivity index (χ0) is 14.1. The number of hydrogen-bond acceptors (Lipinski definition) is 5. The van der Waals surface area contributed by atoms with Gasteiger partial charge in [0.1, 0.15) is 12.0 Å². The second-order valence-corrected chi connectivity index (χ2v) is 6.03. The van der Waals surface area contributed by atoms with Crippen LogP contribution >= 0.6 is 27.7 Å². The van der Waals surface area contributed by atoms with Gasteiger partial charge in [0.05, 0.1) is 5.69 Å². The molecule has 0 aromatic carbocycles. The molecule has 3 heterocycles. The van der Waals surface area contributed by atoms with Gasteiger partial charge in [0.15, 0.2) is 5.16 Å². The molecule has 0 radical (unpaired) electrons. The first-order chi connectivity index (χ1) is 9.63. The highest BCUT2D eigenvalue weighted by atomic mass is 79.9. The molecule has 0 atom stereocenters. The Labute approximate surface area is 127 Å². The molecule has 0 spiro atoms. The number of aryl methyl sites for hydroxylation is 1. The molecule has 0 aliphatic carbocycles. The van der Waals surface area contributed by atoms with E-state index in [1.807, 2.05) is 23.7 Å². The highest BCUT2D eigenvalue weighted by Crippen LogP contribution is 2.18. The van der Waals surface area contributed by atoms with Crippen LogP contribution in [-0.4, -0.2) is 24.1 Å². The molecule has 0 aliphatic heterocycles. The van der Waals surface area contributed by atoms with Crippen molar-refractivity contribution in [3.05, 3.63) is 51.2 Å². The van der Waals surface area contributed by atoms with E-state index in [1.165, 1.54) is 16.2 Å². The first-order valence-electron chi connectivity index (χ1n) is 5.78. The first kappa shape index (κ1) is 13.3. The quantitative estimate of drug-likeness (QED) is 0.674. The van der Waals surface area contributed by atoms with E-state index in [-0.39, 0.29) is 5.56 Å². The van der Waals surface area contributed by atoms with Crippen LogP contribution < -0.4 is 5.56 Å². The Bertz CT molecular complexity index is 828. The molecule has 0 bridgehead atoms. The molecule has 8 heteroatoms. The fourth-order valence-electron chi connectivity index (χ4n) is 1.74. The van der Waals surface area contributed by atoms with Crippen molar-refractivity contribution in [3.63, 3.8) is 0 Å². The number of halogens is 1. The van der Waals surface area contributed by atoms with E-state index < -0.39 is 0 Å². The van der Waals surface area contributed by atoms with E-state index in [9.17, 15) is 4.79 Å². The van der Waals surface area contributed by atoms with Gasteiger partial charge in [-0.05, 0) is 28.1 Å². The highest BCUT2D eigenvalue weighted by molar-refractivity contribution is 9.10. The zero-order valence-electron chi connectivity index (χ0n) is 10.5. The minimum atomic E-state index is -0.0927. The molecule has 0 N–H and O–H groups in total. The van der Waals surface area contributed by atoms with Crippen LogP contribution in [0.4, 0.5) is 0 Å². The van der Waals surface area contributed by atoms with Gasteiger partial charge in [-0.25, -0.2) is 4.98 Å². The van der Waals surface area contributed by atoms with Gasteiger partial charge in [-0.2, -0.15) is 0 Å². The molecule has 20 heavy (non-hydrogen) atoms. The predicted molar refractivity (Wildman–Crippen MR) is 79.7 cm³/mol. The summed E-state index contributed by atoms with van der Waals surface area (Å²) < 4.78 is 4.19. The van der Waals surface area contributed by atoms with Crippen molar-refractivity contribution in [3.8, 4) is 0 Å². The van der Waals surface area contributed by atoms with Crippen LogP contribution in [0.15, 0.2) is 45.1 Å².